The molecule has 4 rings (SSSR count). The van der Waals surface area contributed by atoms with Crippen molar-refractivity contribution >= 4 is 45.9 Å². The molecule has 1 aliphatic carbocycles. The second-order valence-corrected chi connectivity index (χ2v) is 15.7. The standard InChI is InChI=1S/C37H53FN2O14S/c1-6-10-16-48-30(41)35-23-39(33(44)51-19-13-9-4)24-36(35,31(42)49-17-11-7-2)37(35,32(43)50-18-12-8-3)25-52-29-15-14-26(20-28(29)38)40-21-27(54-34(40)45)22-53-55(5,46)47/h14-15,20,27H,6-13,16-19,21-25H2,1-5H3/t27-,35+,36?,37+/m1/s1. The predicted octanol–water partition coefficient (Wildman–Crippen LogP) is 4.76. The molecule has 55 heavy (non-hydrogen) atoms. The van der Waals surface area contributed by atoms with Crippen molar-refractivity contribution in [3.8, 4) is 5.75 Å². The minimum absolute atomic E-state index is 0.0307. The molecular weight excluding hydrogens is 747 g/mol. The van der Waals surface area contributed by atoms with E-state index in [1.807, 2.05) is 27.7 Å². The van der Waals surface area contributed by atoms with Gasteiger partial charge < -0.3 is 33.3 Å². The summed E-state index contributed by atoms with van der Waals surface area (Å²) >= 11 is 0. The number of cyclic esters (lactones) is 1. The summed E-state index contributed by atoms with van der Waals surface area (Å²) < 4.78 is 77.1. The van der Waals surface area contributed by atoms with Crippen molar-refractivity contribution in [1.82, 2.24) is 4.90 Å². The van der Waals surface area contributed by atoms with Crippen molar-refractivity contribution in [2.75, 3.05) is 70.4 Å². The SMILES string of the molecule is CCCCOC(=O)N1CC2(C(=O)OCCCC)[C@@](C(=O)OCCCC)(C1)[C@]2(COc1ccc(N2C[C@H](COS(C)(=O)=O)OC2=O)cc1F)C(=O)OCCCC. The van der Waals surface area contributed by atoms with Crippen LogP contribution in [0.2, 0.25) is 0 Å². The molecule has 0 spiro atoms. The first-order chi connectivity index (χ1) is 26.2. The highest BCUT2D eigenvalue weighted by atomic mass is 32.2. The summed E-state index contributed by atoms with van der Waals surface area (Å²) in [6.45, 7) is 5.36. The molecule has 18 heteroatoms. The van der Waals surface area contributed by atoms with Crippen molar-refractivity contribution in [2.45, 2.75) is 85.2 Å². The third-order valence-corrected chi connectivity index (χ3v) is 10.8. The first kappa shape index (κ1) is 43.5. The van der Waals surface area contributed by atoms with Crippen LogP contribution in [0.3, 0.4) is 0 Å². The molecule has 2 aliphatic heterocycles. The zero-order chi connectivity index (χ0) is 40.4. The van der Waals surface area contributed by atoms with Gasteiger partial charge in [-0.15, -0.1) is 0 Å². The number of anilines is 1. The van der Waals surface area contributed by atoms with E-state index in [9.17, 15) is 32.4 Å². The van der Waals surface area contributed by atoms with Gasteiger partial charge in [-0.3, -0.25) is 23.5 Å². The van der Waals surface area contributed by atoms with Crippen LogP contribution in [-0.2, 0) is 52.4 Å². The quantitative estimate of drug-likeness (QED) is 0.0675. The van der Waals surface area contributed by atoms with E-state index in [1.165, 1.54) is 17.0 Å². The molecular formula is C37H53FN2O14S. The number of hydrogen-bond donors (Lipinski definition) is 0. The summed E-state index contributed by atoms with van der Waals surface area (Å²) in [6.07, 6.45) is 3.03. The monoisotopic (exact) mass is 800 g/mol. The zero-order valence-corrected chi connectivity index (χ0v) is 33.0. The Morgan fingerprint density at radius 3 is 1.82 bits per heavy atom. The lowest BCUT2D eigenvalue weighted by molar-refractivity contribution is -0.164. The van der Waals surface area contributed by atoms with E-state index in [0.717, 1.165) is 23.6 Å². The fourth-order valence-corrected chi connectivity index (χ4v) is 7.62. The number of amides is 2. The molecule has 0 aromatic heterocycles. The molecule has 16 nitrogen and oxygen atoms in total. The molecule has 0 radical (unpaired) electrons. The van der Waals surface area contributed by atoms with Crippen LogP contribution < -0.4 is 9.64 Å². The Morgan fingerprint density at radius 1 is 0.818 bits per heavy atom. The van der Waals surface area contributed by atoms with E-state index >= 15 is 4.39 Å². The summed E-state index contributed by atoms with van der Waals surface area (Å²) in [5.41, 5.74) is -6.14. The summed E-state index contributed by atoms with van der Waals surface area (Å²) in [4.78, 5) is 71.4. The maximum absolute atomic E-state index is 15.8. The number of nitrogens with zero attached hydrogens (tertiary/aromatic N) is 2. The van der Waals surface area contributed by atoms with Gasteiger partial charge in [0, 0.05) is 19.2 Å². The van der Waals surface area contributed by atoms with Crippen molar-refractivity contribution in [2.24, 2.45) is 16.2 Å². The van der Waals surface area contributed by atoms with Crippen LogP contribution >= 0.6 is 0 Å². The van der Waals surface area contributed by atoms with E-state index in [4.69, 9.17) is 32.6 Å². The lowest BCUT2D eigenvalue weighted by Gasteiger charge is -2.30. The molecule has 1 saturated carbocycles. The number of piperidine rings is 1. The minimum Gasteiger partial charge on any atom is -0.489 e. The van der Waals surface area contributed by atoms with Gasteiger partial charge in [-0.1, -0.05) is 53.4 Å². The zero-order valence-electron chi connectivity index (χ0n) is 32.2. The smallest absolute Gasteiger partial charge is 0.414 e. The van der Waals surface area contributed by atoms with Crippen LogP contribution in [0.5, 0.6) is 5.75 Å². The van der Waals surface area contributed by atoms with Gasteiger partial charge in [-0.25, -0.2) is 14.0 Å². The Bertz CT molecular complexity index is 1640. The molecule has 1 aromatic carbocycles. The van der Waals surface area contributed by atoms with E-state index < -0.39 is 94.7 Å². The minimum atomic E-state index is -3.80. The molecule has 4 atom stereocenters. The number of rotatable bonds is 22. The van der Waals surface area contributed by atoms with Crippen molar-refractivity contribution in [3.63, 3.8) is 0 Å². The van der Waals surface area contributed by atoms with E-state index in [-0.39, 0.29) is 44.4 Å². The number of hydrogen-bond acceptors (Lipinski definition) is 14. The number of fused-ring (bicyclic) bond motifs is 1. The number of unbranched alkanes of at least 4 members (excludes halogenated alkanes) is 4. The normalized spacial score (nSPS) is 24.2. The van der Waals surface area contributed by atoms with E-state index in [2.05, 4.69) is 0 Å². The lowest BCUT2D eigenvalue weighted by atomic mass is 9.90. The number of ether oxygens (including phenoxy) is 6. The van der Waals surface area contributed by atoms with Gasteiger partial charge >= 0.3 is 30.1 Å². The number of esters is 3. The molecule has 0 bridgehead atoms. The molecule has 1 aromatic rings. The Kier molecular flexibility index (Phi) is 14.7. The molecule has 3 fully saturated rings. The Hall–Kier alpha value is -4.19. The fraction of sp³-hybridized carbons (Fsp3) is 0.703. The Balaban J connectivity index is 1.73. The maximum atomic E-state index is 15.8. The van der Waals surface area contributed by atoms with Crippen LogP contribution in [0.15, 0.2) is 18.2 Å². The van der Waals surface area contributed by atoms with Crippen molar-refractivity contribution in [3.05, 3.63) is 24.0 Å². The second kappa shape index (κ2) is 18.6. The summed E-state index contributed by atoms with van der Waals surface area (Å²) in [6, 6.07) is 3.52. The van der Waals surface area contributed by atoms with Crippen LogP contribution in [0, 0.1) is 22.1 Å². The largest absolute Gasteiger partial charge is 0.489 e. The topological polar surface area (TPSA) is 191 Å². The van der Waals surface area contributed by atoms with Gasteiger partial charge in [0.2, 0.25) is 0 Å². The van der Waals surface area contributed by atoms with Crippen LogP contribution in [0.4, 0.5) is 19.7 Å². The maximum Gasteiger partial charge on any atom is 0.414 e. The first-order valence-electron chi connectivity index (χ1n) is 18.9. The van der Waals surface area contributed by atoms with Gasteiger partial charge in [-0.05, 0) is 37.8 Å². The summed E-state index contributed by atoms with van der Waals surface area (Å²) in [5.74, 6) is -4.17. The van der Waals surface area contributed by atoms with Gasteiger partial charge in [0.05, 0.1) is 44.9 Å². The highest BCUT2D eigenvalue weighted by Crippen LogP contribution is 2.82. The third-order valence-electron chi connectivity index (χ3n) is 10.2. The Labute approximate surface area is 321 Å². The molecule has 2 saturated heterocycles. The lowest BCUT2D eigenvalue weighted by Crippen LogP contribution is -2.47. The second-order valence-electron chi connectivity index (χ2n) is 14.0. The molecule has 3 aliphatic rings. The third kappa shape index (κ3) is 8.79. The van der Waals surface area contributed by atoms with Gasteiger partial charge in [0.15, 0.2) is 11.6 Å². The molecule has 308 valence electrons. The van der Waals surface area contributed by atoms with Crippen LogP contribution in [0.25, 0.3) is 0 Å². The Morgan fingerprint density at radius 2 is 1.33 bits per heavy atom. The summed E-state index contributed by atoms with van der Waals surface area (Å²) in [5, 5.41) is 0. The number of benzene rings is 1. The fourth-order valence-electron chi connectivity index (χ4n) is 7.22. The average Bonchev–Trinajstić information content (AvgIpc) is 3.38. The first-order valence-corrected chi connectivity index (χ1v) is 20.7. The van der Waals surface area contributed by atoms with Crippen LogP contribution in [-0.4, -0.2) is 115 Å². The van der Waals surface area contributed by atoms with Crippen LogP contribution in [0.1, 0.15) is 79.1 Å². The number of carbonyl (C=O) groups is 5. The molecule has 1 unspecified atom stereocenters. The van der Waals surface area contributed by atoms with E-state index in [0.29, 0.717) is 44.9 Å². The van der Waals surface area contributed by atoms with Crippen molar-refractivity contribution < 1.29 is 69.4 Å². The highest BCUT2D eigenvalue weighted by molar-refractivity contribution is 7.85. The summed E-state index contributed by atoms with van der Waals surface area (Å²) in [7, 11) is -3.80. The van der Waals surface area contributed by atoms with Gasteiger partial charge in [0.1, 0.15) is 35.6 Å². The average molecular weight is 801 g/mol. The van der Waals surface area contributed by atoms with Gasteiger partial charge in [-0.2, -0.15) is 8.42 Å². The van der Waals surface area contributed by atoms with E-state index in [1.54, 1.807) is 0 Å². The number of carbonyl (C=O) groups excluding carboxylic acids is 5. The molecule has 2 heterocycles. The highest BCUT2D eigenvalue weighted by Gasteiger charge is 3.02. The molecule has 2 amide bonds. The predicted molar refractivity (Wildman–Crippen MR) is 193 cm³/mol. The number of likely N-dealkylation sites (tertiary alicyclic amines) is 1. The van der Waals surface area contributed by atoms with Gasteiger partial charge in [0.25, 0.3) is 10.1 Å². The number of halogens is 1. The van der Waals surface area contributed by atoms with Crippen molar-refractivity contribution in [1.29, 1.82) is 0 Å². The molecule has 0 N–H and O–H groups in total.